The van der Waals surface area contributed by atoms with Gasteiger partial charge in [0, 0.05) is 18.2 Å². The summed E-state index contributed by atoms with van der Waals surface area (Å²) in [7, 11) is 0. The molecule has 0 aliphatic carbocycles. The molecule has 3 rings (SSSR count). The molecule has 8 heteroatoms. The number of alkyl halides is 3. The van der Waals surface area contributed by atoms with Gasteiger partial charge in [0.05, 0.1) is 22.4 Å². The predicted molar refractivity (Wildman–Crippen MR) is 99.5 cm³/mol. The Bertz CT molecular complexity index is 992. The first-order chi connectivity index (χ1) is 12.8. The SMILES string of the molecule is C=Nc1ccccc1N=C(C)CCc1nc2ccc(OC(F)(F)F)cc2[nH]1. The molecule has 27 heavy (non-hydrogen) atoms. The number of aliphatic imine (C=N–C) groups is 2. The molecule has 0 unspecified atom stereocenters. The van der Waals surface area contributed by atoms with Gasteiger partial charge >= 0.3 is 6.36 Å². The lowest BCUT2D eigenvalue weighted by molar-refractivity contribution is -0.274. The minimum Gasteiger partial charge on any atom is -0.406 e. The molecule has 140 valence electrons. The normalized spacial score (nSPS) is 12.4. The van der Waals surface area contributed by atoms with Crippen molar-refractivity contribution in [2.45, 2.75) is 26.1 Å². The summed E-state index contributed by atoms with van der Waals surface area (Å²) in [5.74, 6) is 0.385. The van der Waals surface area contributed by atoms with Crippen molar-refractivity contribution >= 4 is 34.8 Å². The van der Waals surface area contributed by atoms with Crippen LogP contribution in [0.25, 0.3) is 11.0 Å². The van der Waals surface area contributed by atoms with E-state index in [2.05, 4.69) is 31.4 Å². The van der Waals surface area contributed by atoms with Crippen LogP contribution in [-0.4, -0.2) is 28.8 Å². The second-order valence-corrected chi connectivity index (χ2v) is 5.90. The summed E-state index contributed by atoms with van der Waals surface area (Å²) >= 11 is 0. The lowest BCUT2D eigenvalue weighted by atomic mass is 10.2. The van der Waals surface area contributed by atoms with Crippen LogP contribution in [0.3, 0.4) is 0 Å². The molecule has 3 aromatic rings. The fourth-order valence-corrected chi connectivity index (χ4v) is 2.61. The van der Waals surface area contributed by atoms with E-state index in [1.807, 2.05) is 31.2 Å². The summed E-state index contributed by atoms with van der Waals surface area (Å²) in [5, 5.41) is 0. The molecule has 0 spiro atoms. The first kappa shape index (κ1) is 18.6. The second-order valence-electron chi connectivity index (χ2n) is 5.90. The average molecular weight is 374 g/mol. The van der Waals surface area contributed by atoms with Crippen molar-refractivity contribution < 1.29 is 17.9 Å². The fraction of sp³-hybridized carbons (Fsp3) is 0.211. The van der Waals surface area contributed by atoms with Crippen molar-refractivity contribution in [1.82, 2.24) is 9.97 Å². The third kappa shape index (κ3) is 4.93. The van der Waals surface area contributed by atoms with E-state index in [4.69, 9.17) is 0 Å². The van der Waals surface area contributed by atoms with Gasteiger partial charge in [0.25, 0.3) is 0 Å². The number of para-hydroxylation sites is 2. The molecular formula is C19H17F3N4O. The van der Waals surface area contributed by atoms with Gasteiger partial charge in [0.15, 0.2) is 0 Å². The van der Waals surface area contributed by atoms with Gasteiger partial charge in [-0.05, 0) is 44.3 Å². The molecule has 5 nitrogen and oxygen atoms in total. The number of hydrogen-bond donors (Lipinski definition) is 1. The minimum absolute atomic E-state index is 0.281. The van der Waals surface area contributed by atoms with Crippen molar-refractivity contribution in [3.05, 3.63) is 48.3 Å². The van der Waals surface area contributed by atoms with Crippen molar-refractivity contribution in [3.8, 4) is 5.75 Å². The summed E-state index contributed by atoms with van der Waals surface area (Å²) in [4.78, 5) is 15.9. The molecule has 0 aliphatic rings. The summed E-state index contributed by atoms with van der Waals surface area (Å²) in [6.07, 6.45) is -3.51. The standard InChI is InChI=1S/C19H17F3N4O/c1-12(24-15-6-4-3-5-14(15)23-2)7-10-18-25-16-9-8-13(11-17(16)26-18)27-19(20,21)22/h3-6,8-9,11H,2,7,10H2,1H3,(H,25,26). The number of hydrogen-bond acceptors (Lipinski definition) is 4. The highest BCUT2D eigenvalue weighted by Crippen LogP contribution is 2.28. The van der Waals surface area contributed by atoms with E-state index in [-0.39, 0.29) is 5.75 Å². The van der Waals surface area contributed by atoms with Gasteiger partial charge in [-0.2, -0.15) is 0 Å². The number of aryl methyl sites for hydroxylation is 1. The van der Waals surface area contributed by atoms with E-state index in [0.717, 1.165) is 11.4 Å². The van der Waals surface area contributed by atoms with Crippen LogP contribution in [0.15, 0.2) is 52.4 Å². The first-order valence-electron chi connectivity index (χ1n) is 8.18. The summed E-state index contributed by atoms with van der Waals surface area (Å²) < 4.78 is 40.9. The van der Waals surface area contributed by atoms with E-state index < -0.39 is 6.36 Å². The molecule has 0 amide bonds. The number of fused-ring (bicyclic) bond motifs is 1. The Balaban J connectivity index is 1.71. The van der Waals surface area contributed by atoms with Crippen molar-refractivity contribution in [3.63, 3.8) is 0 Å². The smallest absolute Gasteiger partial charge is 0.406 e. The molecule has 0 saturated carbocycles. The number of nitrogens with one attached hydrogen (secondary N) is 1. The Labute approximate surface area is 153 Å². The highest BCUT2D eigenvalue weighted by atomic mass is 19.4. The Morgan fingerprint density at radius 2 is 1.93 bits per heavy atom. The average Bonchev–Trinajstić information content (AvgIpc) is 3.01. The summed E-state index contributed by atoms with van der Waals surface area (Å²) in [5.41, 5.74) is 3.40. The molecule has 0 bridgehead atoms. The van der Waals surface area contributed by atoms with Crippen LogP contribution in [0.5, 0.6) is 5.75 Å². The number of halogens is 3. The van der Waals surface area contributed by atoms with Crippen LogP contribution < -0.4 is 4.74 Å². The third-order valence-corrected chi connectivity index (χ3v) is 3.82. The topological polar surface area (TPSA) is 62.6 Å². The predicted octanol–water partition coefficient (Wildman–Crippen LogP) is 5.52. The number of rotatable bonds is 6. The highest BCUT2D eigenvalue weighted by Gasteiger charge is 2.31. The number of ether oxygens (including phenoxy) is 1. The van der Waals surface area contributed by atoms with E-state index in [1.165, 1.54) is 18.2 Å². The number of H-pyrrole nitrogens is 1. The van der Waals surface area contributed by atoms with Crippen molar-refractivity contribution in [2.24, 2.45) is 9.98 Å². The minimum atomic E-state index is -4.72. The largest absolute Gasteiger partial charge is 0.573 e. The van der Waals surface area contributed by atoms with Gasteiger partial charge < -0.3 is 9.72 Å². The molecule has 1 N–H and O–H groups in total. The van der Waals surface area contributed by atoms with E-state index in [1.54, 1.807) is 0 Å². The molecule has 0 aliphatic heterocycles. The monoisotopic (exact) mass is 374 g/mol. The van der Waals surface area contributed by atoms with Crippen molar-refractivity contribution in [2.75, 3.05) is 0 Å². The van der Waals surface area contributed by atoms with Gasteiger partial charge in [-0.25, -0.2) is 4.98 Å². The maximum Gasteiger partial charge on any atom is 0.573 e. The number of nitrogens with zero attached hydrogens (tertiary/aromatic N) is 3. The van der Waals surface area contributed by atoms with Crippen LogP contribution in [-0.2, 0) is 6.42 Å². The number of imidazole rings is 1. The van der Waals surface area contributed by atoms with Gasteiger partial charge in [-0.15, -0.1) is 13.2 Å². The third-order valence-electron chi connectivity index (χ3n) is 3.82. The van der Waals surface area contributed by atoms with Crippen molar-refractivity contribution in [1.29, 1.82) is 0 Å². The number of aromatic amines is 1. The molecule has 1 heterocycles. The molecular weight excluding hydrogens is 357 g/mol. The molecule has 1 aromatic heterocycles. The molecule has 2 aromatic carbocycles. The van der Waals surface area contributed by atoms with Gasteiger partial charge in [0.1, 0.15) is 11.6 Å². The molecule has 0 fully saturated rings. The maximum absolute atomic E-state index is 12.3. The highest BCUT2D eigenvalue weighted by molar-refractivity contribution is 5.86. The lowest BCUT2D eigenvalue weighted by Gasteiger charge is -2.07. The zero-order valence-electron chi connectivity index (χ0n) is 14.5. The zero-order valence-corrected chi connectivity index (χ0v) is 14.5. The lowest BCUT2D eigenvalue weighted by Crippen LogP contribution is -2.16. The summed E-state index contributed by atoms with van der Waals surface area (Å²) in [6, 6.07) is 11.4. The number of benzene rings is 2. The van der Waals surface area contributed by atoms with Gasteiger partial charge in [-0.1, -0.05) is 12.1 Å². The Morgan fingerprint density at radius 3 is 2.63 bits per heavy atom. The zero-order chi connectivity index (χ0) is 19.4. The molecule has 0 radical (unpaired) electrons. The van der Waals surface area contributed by atoms with E-state index >= 15 is 0 Å². The second kappa shape index (κ2) is 7.61. The van der Waals surface area contributed by atoms with Gasteiger partial charge in [0.2, 0.25) is 0 Å². The van der Waals surface area contributed by atoms with Crippen LogP contribution >= 0.6 is 0 Å². The Hall–Kier alpha value is -3.16. The Kier molecular flexibility index (Phi) is 5.25. The fourth-order valence-electron chi connectivity index (χ4n) is 2.61. The van der Waals surface area contributed by atoms with Crippen LogP contribution in [0.1, 0.15) is 19.2 Å². The molecule has 0 saturated heterocycles. The van der Waals surface area contributed by atoms with E-state index in [9.17, 15) is 13.2 Å². The van der Waals surface area contributed by atoms with Gasteiger partial charge in [-0.3, -0.25) is 9.98 Å². The molecule has 0 atom stereocenters. The first-order valence-corrected chi connectivity index (χ1v) is 8.18. The Morgan fingerprint density at radius 1 is 1.19 bits per heavy atom. The number of aromatic nitrogens is 2. The van der Waals surface area contributed by atoms with Crippen LogP contribution in [0.4, 0.5) is 24.5 Å². The summed E-state index contributed by atoms with van der Waals surface area (Å²) in [6.45, 7) is 5.43. The van der Waals surface area contributed by atoms with Crippen LogP contribution in [0.2, 0.25) is 0 Å². The van der Waals surface area contributed by atoms with E-state index in [0.29, 0.717) is 35.4 Å². The maximum atomic E-state index is 12.3. The van der Waals surface area contributed by atoms with Crippen LogP contribution in [0, 0.1) is 0 Å². The quantitative estimate of drug-likeness (QED) is 0.578.